The van der Waals surface area contributed by atoms with Gasteiger partial charge in [-0.05, 0) is 32.6 Å². The van der Waals surface area contributed by atoms with E-state index in [2.05, 4.69) is 15.3 Å². The molecule has 0 saturated heterocycles. The average molecular weight is 295 g/mol. The minimum absolute atomic E-state index is 0.116. The molecule has 1 aliphatic rings. The number of ether oxygens (including phenoxy) is 2. The zero-order valence-electron chi connectivity index (χ0n) is 12.9. The Morgan fingerprint density at radius 2 is 2.19 bits per heavy atom. The van der Waals surface area contributed by atoms with Gasteiger partial charge >= 0.3 is 0 Å². The van der Waals surface area contributed by atoms with E-state index < -0.39 is 5.60 Å². The molecule has 1 aliphatic carbocycles. The highest BCUT2D eigenvalue weighted by molar-refractivity contribution is 5.10. The standard InChI is InChI=1S/C15H25N3O3/c1-3-21-15(6-4-5-7-15)14-17-12(10-13(19)18-14)11-16-8-9-20-2/h10,16H,3-9,11H2,1-2H3,(H,17,18,19). The van der Waals surface area contributed by atoms with Crippen molar-refractivity contribution < 1.29 is 9.47 Å². The van der Waals surface area contributed by atoms with Crippen molar-refractivity contribution in [1.82, 2.24) is 15.3 Å². The second-order valence-corrected chi connectivity index (χ2v) is 5.39. The Kier molecular flexibility index (Phi) is 5.90. The number of H-pyrrole nitrogens is 1. The fourth-order valence-corrected chi connectivity index (χ4v) is 2.88. The van der Waals surface area contributed by atoms with E-state index in [9.17, 15) is 4.79 Å². The second kappa shape index (κ2) is 7.68. The van der Waals surface area contributed by atoms with Gasteiger partial charge in [-0.2, -0.15) is 0 Å². The number of aromatic nitrogens is 2. The summed E-state index contributed by atoms with van der Waals surface area (Å²) in [5, 5.41) is 3.21. The van der Waals surface area contributed by atoms with Crippen molar-refractivity contribution >= 4 is 0 Å². The summed E-state index contributed by atoms with van der Waals surface area (Å²) in [5.74, 6) is 0.679. The smallest absolute Gasteiger partial charge is 0.251 e. The van der Waals surface area contributed by atoms with Gasteiger partial charge in [0.25, 0.3) is 5.56 Å². The van der Waals surface area contributed by atoms with E-state index in [1.165, 1.54) is 6.07 Å². The SMILES string of the molecule is CCOC1(c2nc(CNCCOC)cc(=O)[nH]2)CCCC1. The van der Waals surface area contributed by atoms with E-state index in [1.807, 2.05) is 6.92 Å². The molecule has 0 aromatic carbocycles. The third-order valence-electron chi connectivity index (χ3n) is 3.85. The molecule has 0 spiro atoms. The van der Waals surface area contributed by atoms with Crippen LogP contribution in [0.2, 0.25) is 0 Å². The Bertz CT molecular complexity index is 495. The first-order valence-electron chi connectivity index (χ1n) is 7.64. The fourth-order valence-electron chi connectivity index (χ4n) is 2.88. The van der Waals surface area contributed by atoms with Crippen LogP contribution in [0.1, 0.15) is 44.1 Å². The van der Waals surface area contributed by atoms with Gasteiger partial charge < -0.3 is 19.8 Å². The summed E-state index contributed by atoms with van der Waals surface area (Å²) in [6.45, 7) is 4.53. The van der Waals surface area contributed by atoms with Crippen LogP contribution in [0.15, 0.2) is 10.9 Å². The molecule has 2 rings (SSSR count). The summed E-state index contributed by atoms with van der Waals surface area (Å²) in [7, 11) is 1.66. The van der Waals surface area contributed by atoms with Crippen molar-refractivity contribution in [2.45, 2.75) is 44.8 Å². The summed E-state index contributed by atoms with van der Waals surface area (Å²) in [5.41, 5.74) is 0.224. The topological polar surface area (TPSA) is 76.2 Å². The highest BCUT2D eigenvalue weighted by atomic mass is 16.5. The Balaban J connectivity index is 2.15. The normalized spacial score (nSPS) is 17.2. The molecule has 1 aromatic rings. The number of hydrogen-bond donors (Lipinski definition) is 2. The number of methoxy groups -OCH3 is 1. The third kappa shape index (κ3) is 4.12. The maximum absolute atomic E-state index is 11.9. The van der Waals surface area contributed by atoms with Crippen LogP contribution in [0.5, 0.6) is 0 Å². The molecule has 6 heteroatoms. The first-order chi connectivity index (χ1) is 10.2. The maximum Gasteiger partial charge on any atom is 0.251 e. The number of nitrogens with zero attached hydrogens (tertiary/aromatic N) is 1. The molecule has 0 atom stereocenters. The van der Waals surface area contributed by atoms with Crippen LogP contribution < -0.4 is 10.9 Å². The number of nitrogens with one attached hydrogen (secondary N) is 2. The molecule has 0 bridgehead atoms. The Morgan fingerprint density at radius 3 is 2.86 bits per heavy atom. The molecule has 2 N–H and O–H groups in total. The van der Waals surface area contributed by atoms with Gasteiger partial charge in [-0.3, -0.25) is 4.79 Å². The minimum Gasteiger partial charge on any atom is -0.383 e. The van der Waals surface area contributed by atoms with Crippen LogP contribution in [0.3, 0.4) is 0 Å². The van der Waals surface area contributed by atoms with Crippen molar-refractivity contribution in [1.29, 1.82) is 0 Å². The van der Waals surface area contributed by atoms with Crippen molar-refractivity contribution in [3.05, 3.63) is 27.9 Å². The summed E-state index contributed by atoms with van der Waals surface area (Å²) in [6.07, 6.45) is 4.06. The fraction of sp³-hybridized carbons (Fsp3) is 0.733. The summed E-state index contributed by atoms with van der Waals surface area (Å²) in [4.78, 5) is 19.4. The third-order valence-corrected chi connectivity index (χ3v) is 3.85. The minimum atomic E-state index is -0.406. The Morgan fingerprint density at radius 1 is 1.43 bits per heavy atom. The lowest BCUT2D eigenvalue weighted by atomic mass is 10.0. The lowest BCUT2D eigenvalue weighted by molar-refractivity contribution is -0.0460. The quantitative estimate of drug-likeness (QED) is 0.707. The first kappa shape index (κ1) is 16.1. The van der Waals surface area contributed by atoms with Gasteiger partial charge in [0.15, 0.2) is 0 Å². The number of aromatic amines is 1. The molecule has 0 unspecified atom stereocenters. The first-order valence-corrected chi connectivity index (χ1v) is 7.64. The molecule has 21 heavy (non-hydrogen) atoms. The lowest BCUT2D eigenvalue weighted by Gasteiger charge is -2.28. The molecular weight excluding hydrogens is 270 g/mol. The van der Waals surface area contributed by atoms with Gasteiger partial charge in [-0.25, -0.2) is 4.98 Å². The molecule has 6 nitrogen and oxygen atoms in total. The van der Waals surface area contributed by atoms with Crippen molar-refractivity contribution in [2.24, 2.45) is 0 Å². The number of hydrogen-bond acceptors (Lipinski definition) is 5. The summed E-state index contributed by atoms with van der Waals surface area (Å²) < 4.78 is 10.9. The van der Waals surface area contributed by atoms with E-state index in [0.29, 0.717) is 25.6 Å². The molecule has 0 aliphatic heterocycles. The average Bonchev–Trinajstić information content (AvgIpc) is 2.93. The predicted octanol–water partition coefficient (Wildman–Crippen LogP) is 1.31. The van der Waals surface area contributed by atoms with E-state index in [1.54, 1.807) is 7.11 Å². The van der Waals surface area contributed by atoms with Gasteiger partial charge in [-0.15, -0.1) is 0 Å². The molecular formula is C15H25N3O3. The van der Waals surface area contributed by atoms with E-state index in [4.69, 9.17) is 9.47 Å². The van der Waals surface area contributed by atoms with Gasteiger partial charge in [0.2, 0.25) is 0 Å². The van der Waals surface area contributed by atoms with Crippen molar-refractivity contribution in [3.63, 3.8) is 0 Å². The highest BCUT2D eigenvalue weighted by Crippen LogP contribution is 2.40. The molecule has 0 radical (unpaired) electrons. The maximum atomic E-state index is 11.9. The molecule has 1 fully saturated rings. The van der Waals surface area contributed by atoms with Gasteiger partial charge in [0.05, 0.1) is 12.3 Å². The van der Waals surface area contributed by atoms with Crippen LogP contribution in [0.4, 0.5) is 0 Å². The zero-order valence-corrected chi connectivity index (χ0v) is 12.9. The number of rotatable bonds is 8. The molecule has 1 saturated carbocycles. The van der Waals surface area contributed by atoms with E-state index in [-0.39, 0.29) is 5.56 Å². The molecule has 118 valence electrons. The van der Waals surface area contributed by atoms with Crippen LogP contribution in [0, 0.1) is 0 Å². The second-order valence-electron chi connectivity index (χ2n) is 5.39. The lowest BCUT2D eigenvalue weighted by Crippen LogP contribution is -2.32. The van der Waals surface area contributed by atoms with Crippen molar-refractivity contribution in [3.8, 4) is 0 Å². The van der Waals surface area contributed by atoms with Crippen molar-refractivity contribution in [2.75, 3.05) is 26.9 Å². The molecule has 0 amide bonds. The molecule has 1 heterocycles. The van der Waals surface area contributed by atoms with Gasteiger partial charge in [0, 0.05) is 32.9 Å². The van der Waals surface area contributed by atoms with Gasteiger partial charge in [-0.1, -0.05) is 0 Å². The summed E-state index contributed by atoms with van der Waals surface area (Å²) >= 11 is 0. The van der Waals surface area contributed by atoms with E-state index in [0.717, 1.165) is 37.9 Å². The van der Waals surface area contributed by atoms with Crippen LogP contribution in [-0.4, -0.2) is 36.8 Å². The summed E-state index contributed by atoms with van der Waals surface area (Å²) in [6, 6.07) is 1.54. The Hall–Kier alpha value is -1.24. The van der Waals surface area contributed by atoms with Crippen LogP contribution in [0.25, 0.3) is 0 Å². The van der Waals surface area contributed by atoms with Crippen LogP contribution in [-0.2, 0) is 21.6 Å². The van der Waals surface area contributed by atoms with Crippen LogP contribution >= 0.6 is 0 Å². The van der Waals surface area contributed by atoms with Gasteiger partial charge in [0.1, 0.15) is 11.4 Å². The molecule has 1 aromatic heterocycles. The zero-order chi connectivity index (χ0) is 15.1. The predicted molar refractivity (Wildman–Crippen MR) is 80.2 cm³/mol. The Labute approximate surface area is 125 Å². The van der Waals surface area contributed by atoms with E-state index >= 15 is 0 Å². The monoisotopic (exact) mass is 295 g/mol. The highest BCUT2D eigenvalue weighted by Gasteiger charge is 2.38. The largest absolute Gasteiger partial charge is 0.383 e.